The second-order valence-electron chi connectivity index (χ2n) is 7.08. The summed E-state index contributed by atoms with van der Waals surface area (Å²) in [6.07, 6.45) is 4.38. The Bertz CT molecular complexity index is 762. The fourth-order valence-electron chi connectivity index (χ4n) is 3.84. The van der Waals surface area contributed by atoms with Crippen LogP contribution in [0.25, 0.3) is 11.1 Å². The van der Waals surface area contributed by atoms with Crippen molar-refractivity contribution in [1.29, 1.82) is 0 Å². The van der Waals surface area contributed by atoms with Gasteiger partial charge in [-0.25, -0.2) is 0 Å². The van der Waals surface area contributed by atoms with Crippen molar-refractivity contribution >= 4 is 19.5 Å². The molecular weight excluding hydrogens is 332 g/mol. The molecule has 0 heterocycles. The van der Waals surface area contributed by atoms with E-state index in [0.717, 1.165) is 12.8 Å². The Morgan fingerprint density at radius 3 is 1.81 bits per heavy atom. The maximum atomic E-state index is 6.73. The van der Waals surface area contributed by atoms with Crippen molar-refractivity contribution in [3.05, 3.63) is 83.6 Å². The van der Waals surface area contributed by atoms with Crippen LogP contribution in [0.2, 0.25) is 18.1 Å². The van der Waals surface area contributed by atoms with E-state index in [2.05, 4.69) is 87.5 Å². The number of allylic oxidation sites excluding steroid dienone is 4. The first kappa shape index (κ1) is 18.7. The van der Waals surface area contributed by atoms with Gasteiger partial charge in [0.25, 0.3) is 0 Å². The average molecular weight is 363 g/mol. The smallest absolute Gasteiger partial charge is 0.250 e. The quantitative estimate of drug-likeness (QED) is 0.470. The van der Waals surface area contributed by atoms with Crippen LogP contribution in [0.3, 0.4) is 0 Å². The summed E-state index contributed by atoms with van der Waals surface area (Å²) >= 11 is 0. The molecular formula is C24H30OSi. The summed E-state index contributed by atoms with van der Waals surface area (Å²) in [6, 6.07) is 25.1. The molecule has 136 valence electrons. The normalized spacial score (nSPS) is 15.0. The van der Waals surface area contributed by atoms with E-state index in [9.17, 15) is 0 Å². The van der Waals surface area contributed by atoms with Crippen molar-refractivity contribution in [1.82, 2.24) is 0 Å². The molecule has 0 N–H and O–H groups in total. The maximum Gasteiger partial charge on any atom is 0.250 e. The van der Waals surface area contributed by atoms with Crippen molar-refractivity contribution in [2.75, 3.05) is 0 Å². The third-order valence-corrected chi connectivity index (χ3v) is 10.3. The number of benzene rings is 2. The molecule has 26 heavy (non-hydrogen) atoms. The van der Waals surface area contributed by atoms with Crippen LogP contribution in [0, 0.1) is 0 Å². The summed E-state index contributed by atoms with van der Waals surface area (Å²) in [4.78, 5) is 0. The average Bonchev–Trinajstić information content (AvgIpc) is 2.73. The fraction of sp³-hybridized carbons (Fsp3) is 0.333. The first-order valence-corrected chi connectivity index (χ1v) is 12.5. The Morgan fingerprint density at radius 1 is 0.731 bits per heavy atom. The third kappa shape index (κ3) is 4.02. The van der Waals surface area contributed by atoms with Crippen LogP contribution in [-0.2, 0) is 4.43 Å². The van der Waals surface area contributed by atoms with Crippen molar-refractivity contribution in [2.45, 2.75) is 51.7 Å². The summed E-state index contributed by atoms with van der Waals surface area (Å²) in [5, 5.41) is 0. The summed E-state index contributed by atoms with van der Waals surface area (Å²) in [7, 11) is -1.63. The molecule has 2 heteroatoms. The second-order valence-corrected chi connectivity index (χ2v) is 11.8. The van der Waals surface area contributed by atoms with E-state index in [1.54, 1.807) is 0 Å². The minimum absolute atomic E-state index is 1.01. The molecule has 1 aliphatic carbocycles. The van der Waals surface area contributed by atoms with E-state index in [1.807, 2.05) is 0 Å². The van der Waals surface area contributed by atoms with Gasteiger partial charge in [-0.1, -0.05) is 81.4 Å². The third-order valence-electron chi connectivity index (χ3n) is 5.74. The van der Waals surface area contributed by atoms with Crippen LogP contribution in [0.1, 0.15) is 44.7 Å². The highest BCUT2D eigenvalue weighted by Crippen LogP contribution is 2.39. The van der Waals surface area contributed by atoms with Crippen molar-refractivity contribution in [3.63, 3.8) is 0 Å². The molecule has 3 rings (SSSR count). The van der Waals surface area contributed by atoms with Gasteiger partial charge >= 0.3 is 0 Å². The molecule has 0 aliphatic heterocycles. The van der Waals surface area contributed by atoms with Crippen molar-refractivity contribution in [2.24, 2.45) is 0 Å². The molecule has 0 saturated carbocycles. The summed E-state index contributed by atoms with van der Waals surface area (Å²) in [5.41, 5.74) is 5.36. The lowest BCUT2D eigenvalue weighted by atomic mass is 9.87. The maximum absolute atomic E-state index is 6.73. The largest absolute Gasteiger partial charge is 0.546 e. The van der Waals surface area contributed by atoms with Crippen LogP contribution in [-0.4, -0.2) is 8.32 Å². The SMILES string of the molecule is CC[Si](CC)(CC)OC1=CC(c2ccccc2)=C(c2ccccc2)CC1. The Balaban J connectivity index is 2.04. The van der Waals surface area contributed by atoms with Crippen LogP contribution in [0.5, 0.6) is 0 Å². The van der Waals surface area contributed by atoms with Gasteiger partial charge in [-0.2, -0.15) is 0 Å². The van der Waals surface area contributed by atoms with Gasteiger partial charge in [0.1, 0.15) is 0 Å². The minimum atomic E-state index is -1.63. The Kier molecular flexibility index (Phi) is 6.15. The predicted molar refractivity (Wildman–Crippen MR) is 115 cm³/mol. The lowest BCUT2D eigenvalue weighted by molar-refractivity contribution is 0.385. The van der Waals surface area contributed by atoms with E-state index < -0.39 is 8.32 Å². The molecule has 0 amide bonds. The molecule has 0 unspecified atom stereocenters. The van der Waals surface area contributed by atoms with Gasteiger partial charge in [-0.3, -0.25) is 0 Å². The van der Waals surface area contributed by atoms with Gasteiger partial charge in [0.15, 0.2) is 0 Å². The van der Waals surface area contributed by atoms with Crippen molar-refractivity contribution in [3.8, 4) is 0 Å². The topological polar surface area (TPSA) is 9.23 Å². The highest BCUT2D eigenvalue weighted by molar-refractivity contribution is 6.73. The fourth-order valence-corrected chi connectivity index (χ4v) is 6.49. The monoisotopic (exact) mass is 362 g/mol. The van der Waals surface area contributed by atoms with Crippen molar-refractivity contribution < 1.29 is 4.43 Å². The lowest BCUT2D eigenvalue weighted by Gasteiger charge is -2.32. The number of hydrogen-bond donors (Lipinski definition) is 0. The predicted octanol–water partition coefficient (Wildman–Crippen LogP) is 7.30. The van der Waals surface area contributed by atoms with Crippen LogP contribution < -0.4 is 0 Å². The number of hydrogen-bond acceptors (Lipinski definition) is 1. The molecule has 0 bridgehead atoms. The van der Waals surface area contributed by atoms with Crippen LogP contribution in [0.4, 0.5) is 0 Å². The van der Waals surface area contributed by atoms with Crippen LogP contribution in [0.15, 0.2) is 72.5 Å². The lowest BCUT2D eigenvalue weighted by Crippen LogP contribution is -2.35. The Hall–Kier alpha value is -2.06. The second kappa shape index (κ2) is 8.55. The summed E-state index contributed by atoms with van der Waals surface area (Å²) in [5.74, 6) is 1.20. The van der Waals surface area contributed by atoms with Gasteiger partial charge in [0.05, 0.1) is 5.76 Å². The molecule has 0 atom stereocenters. The zero-order valence-electron chi connectivity index (χ0n) is 16.3. The van der Waals surface area contributed by atoms with Gasteiger partial charge in [-0.15, -0.1) is 0 Å². The first-order chi connectivity index (χ1) is 12.7. The molecule has 2 aromatic carbocycles. The van der Waals surface area contributed by atoms with Gasteiger partial charge in [-0.05, 0) is 52.9 Å². The molecule has 0 spiro atoms. The summed E-state index contributed by atoms with van der Waals surface area (Å²) in [6.45, 7) is 6.89. The molecule has 0 fully saturated rings. The molecule has 2 aromatic rings. The number of rotatable bonds is 7. The highest BCUT2D eigenvalue weighted by Gasteiger charge is 2.32. The zero-order chi connectivity index (χ0) is 18.4. The standard InChI is InChI=1S/C24H30OSi/c1-4-26(5-2,6-3)25-22-17-18-23(20-13-9-7-10-14-20)24(19-22)21-15-11-8-12-16-21/h7-16,19H,4-6,17-18H2,1-3H3. The minimum Gasteiger partial charge on any atom is -0.546 e. The molecule has 0 aromatic heterocycles. The van der Waals surface area contributed by atoms with Gasteiger partial charge in [0.2, 0.25) is 8.32 Å². The van der Waals surface area contributed by atoms with Gasteiger partial charge < -0.3 is 4.43 Å². The summed E-state index contributed by atoms with van der Waals surface area (Å²) < 4.78 is 6.73. The van der Waals surface area contributed by atoms with Crippen LogP contribution >= 0.6 is 0 Å². The van der Waals surface area contributed by atoms with E-state index >= 15 is 0 Å². The van der Waals surface area contributed by atoms with E-state index in [0.29, 0.717) is 0 Å². The highest BCUT2D eigenvalue weighted by atomic mass is 28.4. The molecule has 1 nitrogen and oxygen atoms in total. The molecule has 0 radical (unpaired) electrons. The van der Waals surface area contributed by atoms with E-state index in [1.165, 1.54) is 46.2 Å². The molecule has 0 saturated heterocycles. The Morgan fingerprint density at radius 2 is 1.27 bits per heavy atom. The van der Waals surface area contributed by atoms with E-state index in [-0.39, 0.29) is 0 Å². The van der Waals surface area contributed by atoms with Gasteiger partial charge in [0, 0.05) is 6.42 Å². The van der Waals surface area contributed by atoms with E-state index in [4.69, 9.17) is 4.43 Å². The Labute approximate surface area is 159 Å². The zero-order valence-corrected chi connectivity index (χ0v) is 17.3. The molecule has 1 aliphatic rings. The first-order valence-electron chi connectivity index (χ1n) is 9.95.